The number of hydrogen-bond donors (Lipinski definition) is 1. The minimum Gasteiger partial charge on any atom is -0.497 e. The van der Waals surface area contributed by atoms with E-state index in [1.54, 1.807) is 55.6 Å². The van der Waals surface area contributed by atoms with Gasteiger partial charge in [0.2, 0.25) is 0 Å². The van der Waals surface area contributed by atoms with Gasteiger partial charge in [0.25, 0.3) is 5.91 Å². The van der Waals surface area contributed by atoms with E-state index in [9.17, 15) is 9.59 Å². The number of amides is 1. The molecule has 0 aliphatic carbocycles. The number of rotatable bonds is 6. The van der Waals surface area contributed by atoms with Gasteiger partial charge in [-0.25, -0.2) is 15.2 Å². The largest absolute Gasteiger partial charge is 0.497 e. The van der Waals surface area contributed by atoms with Crippen molar-refractivity contribution >= 4 is 18.1 Å². The van der Waals surface area contributed by atoms with E-state index in [2.05, 4.69) is 20.5 Å². The number of nitrogens with one attached hydrogen (secondary N) is 1. The summed E-state index contributed by atoms with van der Waals surface area (Å²) in [5, 5.41) is 3.86. The topological polar surface area (TPSA) is 103 Å². The number of hydrogen-bond acceptors (Lipinski definition) is 7. The van der Waals surface area contributed by atoms with Crippen LogP contribution in [0, 0.1) is 0 Å². The van der Waals surface area contributed by atoms with Gasteiger partial charge in [-0.15, -0.1) is 0 Å². The lowest BCUT2D eigenvalue weighted by molar-refractivity contribution is 0.0734. The summed E-state index contributed by atoms with van der Waals surface area (Å²) >= 11 is 0. The van der Waals surface area contributed by atoms with E-state index in [-0.39, 0.29) is 5.69 Å². The Morgan fingerprint density at radius 1 is 1.00 bits per heavy atom. The molecule has 2 aromatic carbocycles. The van der Waals surface area contributed by atoms with Gasteiger partial charge in [0, 0.05) is 12.4 Å². The maximum absolute atomic E-state index is 12.1. The number of carbonyl (C=O) groups excluding carboxylic acids is 2. The Bertz CT molecular complexity index is 971. The summed E-state index contributed by atoms with van der Waals surface area (Å²) in [6, 6.07) is 13.3. The fraction of sp³-hybridized carbons (Fsp3) is 0.0500. The predicted molar refractivity (Wildman–Crippen MR) is 101 cm³/mol. The first-order chi connectivity index (χ1) is 13.7. The fourth-order valence-electron chi connectivity index (χ4n) is 2.15. The SMILES string of the molecule is COc1ccc(C(=O)Oc2ccc(C=NNC(=O)c3cnccn3)cc2)cc1. The van der Waals surface area contributed by atoms with Crippen molar-refractivity contribution in [1.29, 1.82) is 0 Å². The van der Waals surface area contributed by atoms with Crippen LogP contribution in [-0.2, 0) is 0 Å². The quantitative estimate of drug-likeness (QED) is 0.307. The molecule has 1 amide bonds. The van der Waals surface area contributed by atoms with Crippen molar-refractivity contribution in [2.45, 2.75) is 0 Å². The molecule has 0 atom stereocenters. The molecule has 0 radical (unpaired) electrons. The monoisotopic (exact) mass is 376 g/mol. The van der Waals surface area contributed by atoms with E-state index in [1.165, 1.54) is 24.8 Å². The summed E-state index contributed by atoms with van der Waals surface area (Å²) < 4.78 is 10.4. The number of nitrogens with zero attached hydrogens (tertiary/aromatic N) is 3. The summed E-state index contributed by atoms with van der Waals surface area (Å²) in [5.74, 6) is 0.114. The third-order valence-corrected chi connectivity index (χ3v) is 3.59. The average Bonchev–Trinajstić information content (AvgIpc) is 2.75. The normalized spacial score (nSPS) is 10.5. The molecule has 8 heteroatoms. The van der Waals surface area contributed by atoms with Gasteiger partial charge >= 0.3 is 5.97 Å². The highest BCUT2D eigenvalue weighted by molar-refractivity contribution is 5.93. The van der Waals surface area contributed by atoms with Crippen molar-refractivity contribution in [3.05, 3.63) is 83.9 Å². The second-order valence-corrected chi connectivity index (χ2v) is 5.48. The summed E-state index contributed by atoms with van der Waals surface area (Å²) in [6.07, 6.45) is 5.70. The molecular weight excluding hydrogens is 360 g/mol. The summed E-state index contributed by atoms with van der Waals surface area (Å²) in [7, 11) is 1.55. The van der Waals surface area contributed by atoms with E-state index in [0.717, 1.165) is 0 Å². The van der Waals surface area contributed by atoms with E-state index < -0.39 is 11.9 Å². The lowest BCUT2D eigenvalue weighted by atomic mass is 10.2. The molecule has 3 aromatic rings. The molecule has 140 valence electrons. The van der Waals surface area contributed by atoms with Crippen molar-refractivity contribution in [3.63, 3.8) is 0 Å². The Kier molecular flexibility index (Phi) is 6.04. The van der Waals surface area contributed by atoms with E-state index in [1.807, 2.05) is 0 Å². The van der Waals surface area contributed by atoms with Crippen molar-refractivity contribution in [1.82, 2.24) is 15.4 Å². The molecule has 1 N–H and O–H groups in total. The predicted octanol–water partition coefficient (Wildman–Crippen LogP) is 2.47. The molecular formula is C20H16N4O4. The second kappa shape index (κ2) is 9.04. The Morgan fingerprint density at radius 2 is 1.71 bits per heavy atom. The molecule has 28 heavy (non-hydrogen) atoms. The first kappa shape index (κ1) is 18.7. The lowest BCUT2D eigenvalue weighted by Crippen LogP contribution is -2.19. The summed E-state index contributed by atoms with van der Waals surface area (Å²) in [5.41, 5.74) is 3.65. The van der Waals surface area contributed by atoms with Crippen LogP contribution < -0.4 is 14.9 Å². The van der Waals surface area contributed by atoms with Crippen LogP contribution in [0.5, 0.6) is 11.5 Å². The van der Waals surface area contributed by atoms with Gasteiger partial charge in [0.1, 0.15) is 17.2 Å². The van der Waals surface area contributed by atoms with E-state index >= 15 is 0 Å². The van der Waals surface area contributed by atoms with E-state index in [4.69, 9.17) is 9.47 Å². The van der Waals surface area contributed by atoms with Crippen LogP contribution in [0.2, 0.25) is 0 Å². The molecule has 1 aromatic heterocycles. The van der Waals surface area contributed by atoms with Crippen molar-refractivity contribution in [3.8, 4) is 11.5 Å². The molecule has 1 heterocycles. The number of carbonyl (C=O) groups is 2. The number of hydrazone groups is 1. The molecule has 8 nitrogen and oxygen atoms in total. The second-order valence-electron chi connectivity index (χ2n) is 5.48. The van der Waals surface area contributed by atoms with Crippen LogP contribution in [0.1, 0.15) is 26.4 Å². The highest BCUT2D eigenvalue weighted by Crippen LogP contribution is 2.16. The van der Waals surface area contributed by atoms with Gasteiger partial charge in [0.05, 0.1) is 25.1 Å². The van der Waals surface area contributed by atoms with Gasteiger partial charge in [-0.05, 0) is 54.1 Å². The fourth-order valence-corrected chi connectivity index (χ4v) is 2.15. The third kappa shape index (κ3) is 4.98. The molecule has 0 unspecified atom stereocenters. The van der Waals surface area contributed by atoms with Crippen LogP contribution >= 0.6 is 0 Å². The highest BCUT2D eigenvalue weighted by atomic mass is 16.5. The van der Waals surface area contributed by atoms with Gasteiger partial charge < -0.3 is 9.47 Å². The van der Waals surface area contributed by atoms with E-state index in [0.29, 0.717) is 22.6 Å². The Balaban J connectivity index is 1.55. The molecule has 0 saturated heterocycles. The van der Waals surface area contributed by atoms with Crippen molar-refractivity contribution in [2.75, 3.05) is 7.11 Å². The Hall–Kier alpha value is -4.07. The number of methoxy groups -OCH3 is 1. The number of aromatic nitrogens is 2. The lowest BCUT2D eigenvalue weighted by Gasteiger charge is -2.05. The zero-order valence-electron chi connectivity index (χ0n) is 14.9. The summed E-state index contributed by atoms with van der Waals surface area (Å²) in [4.78, 5) is 31.6. The van der Waals surface area contributed by atoms with Crippen molar-refractivity contribution < 1.29 is 19.1 Å². The maximum Gasteiger partial charge on any atom is 0.343 e. The van der Waals surface area contributed by atoms with Crippen LogP contribution in [0.3, 0.4) is 0 Å². The minimum atomic E-state index is -0.472. The maximum atomic E-state index is 12.1. The van der Waals surface area contributed by atoms with Gasteiger partial charge in [-0.1, -0.05) is 0 Å². The van der Waals surface area contributed by atoms with Gasteiger partial charge in [-0.2, -0.15) is 5.10 Å². The highest BCUT2D eigenvalue weighted by Gasteiger charge is 2.09. The number of ether oxygens (including phenoxy) is 2. The molecule has 0 fully saturated rings. The van der Waals surface area contributed by atoms with Crippen LogP contribution in [0.25, 0.3) is 0 Å². The third-order valence-electron chi connectivity index (χ3n) is 3.59. The number of benzene rings is 2. The smallest absolute Gasteiger partial charge is 0.343 e. The van der Waals surface area contributed by atoms with Crippen LogP contribution in [0.15, 0.2) is 72.2 Å². The van der Waals surface area contributed by atoms with Gasteiger partial charge in [0.15, 0.2) is 0 Å². The summed E-state index contributed by atoms with van der Waals surface area (Å²) in [6.45, 7) is 0. The first-order valence-corrected chi connectivity index (χ1v) is 8.21. The average molecular weight is 376 g/mol. The van der Waals surface area contributed by atoms with Crippen LogP contribution in [0.4, 0.5) is 0 Å². The molecule has 3 rings (SSSR count). The first-order valence-electron chi connectivity index (χ1n) is 8.21. The molecule has 0 bridgehead atoms. The molecule has 0 spiro atoms. The van der Waals surface area contributed by atoms with Crippen LogP contribution in [-0.4, -0.2) is 35.2 Å². The number of esters is 1. The molecule has 0 aliphatic heterocycles. The van der Waals surface area contributed by atoms with Crippen molar-refractivity contribution in [2.24, 2.45) is 5.10 Å². The molecule has 0 saturated carbocycles. The zero-order chi connectivity index (χ0) is 19.8. The minimum absolute atomic E-state index is 0.167. The zero-order valence-corrected chi connectivity index (χ0v) is 14.9. The van der Waals surface area contributed by atoms with Gasteiger partial charge in [-0.3, -0.25) is 9.78 Å². The standard InChI is InChI=1S/C20H16N4O4/c1-27-16-8-4-15(5-9-16)20(26)28-17-6-2-14(3-7-17)12-23-24-19(25)18-13-21-10-11-22-18/h2-13H,1H3,(H,24,25). The Labute approximate surface area is 160 Å². The molecule has 0 aliphatic rings. The Morgan fingerprint density at radius 3 is 2.36 bits per heavy atom.